The Morgan fingerprint density at radius 2 is 1.81 bits per heavy atom. The highest BCUT2D eigenvalue weighted by Crippen LogP contribution is 2.29. The first-order chi connectivity index (χ1) is 18.0. The molecule has 2 aliphatic rings. The van der Waals surface area contributed by atoms with Gasteiger partial charge in [-0.25, -0.2) is 4.98 Å². The smallest absolute Gasteiger partial charge is 0.261 e. The molecule has 8 heteroatoms. The Labute approximate surface area is 224 Å². The Balaban J connectivity index is 1.45. The highest BCUT2D eigenvalue weighted by molar-refractivity contribution is 6.30. The summed E-state index contributed by atoms with van der Waals surface area (Å²) in [5.74, 6) is 1.77. The van der Waals surface area contributed by atoms with Gasteiger partial charge >= 0.3 is 0 Å². The van der Waals surface area contributed by atoms with Crippen molar-refractivity contribution in [2.45, 2.75) is 77.3 Å². The minimum Gasteiger partial charge on any atom is -0.348 e. The summed E-state index contributed by atoms with van der Waals surface area (Å²) in [5, 5.41) is 0.666. The van der Waals surface area contributed by atoms with E-state index in [1.165, 1.54) is 12.8 Å². The number of unbranched alkanes of at least 4 members (excludes halogenated alkanes) is 2. The van der Waals surface area contributed by atoms with Crippen LogP contribution in [-0.4, -0.2) is 56.9 Å². The lowest BCUT2D eigenvalue weighted by Gasteiger charge is -2.29. The number of Topliss-reactive ketones (excluding diaryl/α,β-unsaturated/α-hetero) is 1. The lowest BCUT2D eigenvalue weighted by atomic mass is 10.1. The van der Waals surface area contributed by atoms with E-state index in [4.69, 9.17) is 16.6 Å². The molecule has 0 spiro atoms. The number of imidazole rings is 1. The predicted octanol–water partition coefficient (Wildman–Crippen LogP) is 5.42. The molecule has 0 bridgehead atoms. The number of benzene rings is 1. The molecule has 0 unspecified atom stereocenters. The Hall–Kier alpha value is -2.64. The van der Waals surface area contributed by atoms with Gasteiger partial charge in [0.05, 0.1) is 11.7 Å². The molecule has 37 heavy (non-hydrogen) atoms. The molecular formula is C29H38ClN5O2. The Kier molecular flexibility index (Phi) is 8.30. The molecule has 2 aromatic heterocycles. The van der Waals surface area contributed by atoms with Crippen molar-refractivity contribution in [3.63, 3.8) is 0 Å². The molecule has 2 saturated heterocycles. The van der Waals surface area contributed by atoms with E-state index in [0.717, 1.165) is 88.3 Å². The van der Waals surface area contributed by atoms with Gasteiger partial charge in [0.1, 0.15) is 5.82 Å². The van der Waals surface area contributed by atoms with Gasteiger partial charge in [0.2, 0.25) is 5.78 Å². The molecule has 7 nitrogen and oxygen atoms in total. The van der Waals surface area contributed by atoms with Gasteiger partial charge in [-0.1, -0.05) is 43.5 Å². The topological polar surface area (TPSA) is 62.9 Å². The van der Waals surface area contributed by atoms with E-state index in [0.29, 0.717) is 23.0 Å². The SMILES string of the molecule is CCCCCn1c(N2CCC[C@H]2C(=O)CCCN2CCCC2)cc(=O)n2cc(-c3ccc(Cl)cc3)nc12. The van der Waals surface area contributed by atoms with Gasteiger partial charge < -0.3 is 9.80 Å². The number of carbonyl (C=O) groups is 1. The predicted molar refractivity (Wildman–Crippen MR) is 150 cm³/mol. The maximum atomic E-state index is 13.4. The van der Waals surface area contributed by atoms with E-state index in [1.54, 1.807) is 10.5 Å². The number of anilines is 1. The average Bonchev–Trinajstić information content (AvgIpc) is 3.67. The van der Waals surface area contributed by atoms with Crippen LogP contribution in [0.15, 0.2) is 41.3 Å². The molecule has 3 aromatic rings. The summed E-state index contributed by atoms with van der Waals surface area (Å²) in [5.41, 5.74) is 1.55. The number of likely N-dealkylation sites (tertiary alicyclic amines) is 1. The second kappa shape index (κ2) is 11.8. The number of carbonyl (C=O) groups excluding carboxylic acids is 1. The summed E-state index contributed by atoms with van der Waals surface area (Å²) in [6.07, 6.45) is 10.9. The third kappa shape index (κ3) is 5.78. The van der Waals surface area contributed by atoms with Crippen molar-refractivity contribution in [2.75, 3.05) is 31.1 Å². The summed E-state index contributed by atoms with van der Waals surface area (Å²) in [7, 11) is 0. The van der Waals surface area contributed by atoms with Crippen LogP contribution < -0.4 is 10.5 Å². The summed E-state index contributed by atoms with van der Waals surface area (Å²) >= 11 is 6.08. The van der Waals surface area contributed by atoms with Crippen LogP contribution in [0.1, 0.15) is 64.7 Å². The quantitative estimate of drug-likeness (QED) is 0.314. The van der Waals surface area contributed by atoms with Crippen LogP contribution in [0.5, 0.6) is 0 Å². The molecule has 0 saturated carbocycles. The third-order valence-corrected chi connectivity index (χ3v) is 8.09. The summed E-state index contributed by atoms with van der Waals surface area (Å²) in [4.78, 5) is 36.2. The standard InChI is InChI=1S/C29H38ClN5O2/c1-2-3-4-18-34-27(33-19-7-9-25(33)26(36)10-8-17-32-15-5-6-16-32)20-28(37)35-21-24(31-29(34)35)22-11-13-23(30)14-12-22/h11-14,20-21,25H,2-10,15-19H2,1H3/t25-/m0/s1. The third-order valence-electron chi connectivity index (χ3n) is 7.84. The molecule has 2 aliphatic heterocycles. The molecule has 198 valence electrons. The van der Waals surface area contributed by atoms with Gasteiger partial charge in [-0.2, -0.15) is 0 Å². The van der Waals surface area contributed by atoms with E-state index >= 15 is 0 Å². The van der Waals surface area contributed by atoms with Crippen LogP contribution in [-0.2, 0) is 11.3 Å². The molecule has 0 amide bonds. The fourth-order valence-electron chi connectivity index (χ4n) is 5.84. The zero-order valence-corrected chi connectivity index (χ0v) is 22.6. The maximum absolute atomic E-state index is 13.4. The number of ketones is 1. The molecule has 0 N–H and O–H groups in total. The van der Waals surface area contributed by atoms with Gasteiger partial charge in [0, 0.05) is 42.4 Å². The number of hydrogen-bond acceptors (Lipinski definition) is 5. The van der Waals surface area contributed by atoms with E-state index < -0.39 is 0 Å². The summed E-state index contributed by atoms with van der Waals surface area (Å²) in [6, 6.07) is 9.07. The van der Waals surface area contributed by atoms with E-state index in [9.17, 15) is 9.59 Å². The van der Waals surface area contributed by atoms with Crippen LogP contribution in [0.25, 0.3) is 17.0 Å². The first-order valence-electron chi connectivity index (χ1n) is 14.0. The van der Waals surface area contributed by atoms with Crippen molar-refractivity contribution >= 4 is 29.0 Å². The summed E-state index contributed by atoms with van der Waals surface area (Å²) < 4.78 is 3.80. The van der Waals surface area contributed by atoms with Crippen molar-refractivity contribution < 1.29 is 4.79 Å². The highest BCUT2D eigenvalue weighted by Gasteiger charge is 2.33. The van der Waals surface area contributed by atoms with Crippen molar-refractivity contribution in [2.24, 2.45) is 0 Å². The molecule has 1 aromatic carbocycles. The van der Waals surface area contributed by atoms with Gasteiger partial charge in [-0.15, -0.1) is 0 Å². The van der Waals surface area contributed by atoms with Crippen molar-refractivity contribution in [3.05, 3.63) is 51.9 Å². The number of aromatic nitrogens is 3. The highest BCUT2D eigenvalue weighted by atomic mass is 35.5. The second-order valence-corrected chi connectivity index (χ2v) is 10.9. The number of hydrogen-bond donors (Lipinski definition) is 0. The first kappa shape index (κ1) is 26.0. The molecule has 0 radical (unpaired) electrons. The number of rotatable bonds is 11. The molecule has 2 fully saturated rings. The number of nitrogens with zero attached hydrogens (tertiary/aromatic N) is 5. The Morgan fingerprint density at radius 1 is 1.03 bits per heavy atom. The minimum absolute atomic E-state index is 0.114. The Bertz CT molecular complexity index is 1280. The normalized spacial score (nSPS) is 18.3. The fraction of sp³-hybridized carbons (Fsp3) is 0.552. The van der Waals surface area contributed by atoms with Crippen molar-refractivity contribution in [1.29, 1.82) is 0 Å². The monoisotopic (exact) mass is 523 g/mol. The van der Waals surface area contributed by atoms with Gasteiger partial charge in [0.25, 0.3) is 5.56 Å². The van der Waals surface area contributed by atoms with Crippen LogP contribution in [0, 0.1) is 0 Å². The maximum Gasteiger partial charge on any atom is 0.261 e. The van der Waals surface area contributed by atoms with Crippen LogP contribution in [0.4, 0.5) is 5.82 Å². The largest absolute Gasteiger partial charge is 0.348 e. The lowest BCUT2D eigenvalue weighted by molar-refractivity contribution is -0.120. The number of aryl methyl sites for hydroxylation is 1. The molecular weight excluding hydrogens is 486 g/mol. The fourth-order valence-corrected chi connectivity index (χ4v) is 5.97. The number of fused-ring (bicyclic) bond motifs is 1. The van der Waals surface area contributed by atoms with E-state index in [2.05, 4.69) is 21.3 Å². The van der Waals surface area contributed by atoms with E-state index in [-0.39, 0.29) is 11.6 Å². The average molecular weight is 524 g/mol. The van der Waals surface area contributed by atoms with Crippen LogP contribution in [0.3, 0.4) is 0 Å². The number of halogens is 1. The van der Waals surface area contributed by atoms with Crippen molar-refractivity contribution in [1.82, 2.24) is 18.9 Å². The van der Waals surface area contributed by atoms with Crippen LogP contribution in [0.2, 0.25) is 5.02 Å². The first-order valence-corrected chi connectivity index (χ1v) is 14.3. The zero-order valence-electron chi connectivity index (χ0n) is 21.9. The van der Waals surface area contributed by atoms with Gasteiger partial charge in [-0.3, -0.25) is 18.6 Å². The zero-order chi connectivity index (χ0) is 25.8. The molecule has 1 atom stereocenters. The summed E-state index contributed by atoms with van der Waals surface area (Å²) in [6.45, 7) is 7.07. The van der Waals surface area contributed by atoms with Gasteiger partial charge in [0.15, 0.2) is 5.78 Å². The van der Waals surface area contributed by atoms with Crippen LogP contribution >= 0.6 is 11.6 Å². The molecule has 0 aliphatic carbocycles. The second-order valence-electron chi connectivity index (χ2n) is 10.5. The molecule has 5 rings (SSSR count). The van der Waals surface area contributed by atoms with Gasteiger partial charge in [-0.05, 0) is 70.3 Å². The van der Waals surface area contributed by atoms with Crippen molar-refractivity contribution in [3.8, 4) is 11.3 Å². The lowest BCUT2D eigenvalue weighted by Crippen LogP contribution is -2.39. The molecule has 4 heterocycles. The Morgan fingerprint density at radius 3 is 2.57 bits per heavy atom. The minimum atomic E-state index is -0.163. The van der Waals surface area contributed by atoms with E-state index in [1.807, 2.05) is 30.5 Å².